The van der Waals surface area contributed by atoms with Crippen LogP contribution in [0, 0.1) is 11.3 Å². The summed E-state index contributed by atoms with van der Waals surface area (Å²) in [6, 6.07) is 15.7. The number of anilines is 2. The Hall–Kier alpha value is -3.44. The van der Waals surface area contributed by atoms with Gasteiger partial charge in [0.25, 0.3) is 5.91 Å². The van der Waals surface area contributed by atoms with Crippen LogP contribution in [0.5, 0.6) is 11.5 Å². The van der Waals surface area contributed by atoms with Gasteiger partial charge in [0.1, 0.15) is 28.2 Å². The molecular formula is C20H17N3O4S. The zero-order valence-corrected chi connectivity index (χ0v) is 16.1. The molecule has 3 rings (SSSR count). The van der Waals surface area contributed by atoms with E-state index in [2.05, 4.69) is 5.32 Å². The van der Waals surface area contributed by atoms with E-state index >= 15 is 0 Å². The number of nitrogens with zero attached hydrogens (tertiary/aromatic N) is 2. The van der Waals surface area contributed by atoms with E-state index < -0.39 is 5.91 Å². The Morgan fingerprint density at radius 1 is 1.14 bits per heavy atom. The number of ether oxygens (including phenoxy) is 2. The molecule has 0 saturated carbocycles. The van der Waals surface area contributed by atoms with Crippen LogP contribution in [0.15, 0.2) is 59.1 Å². The fraction of sp³-hybridized carbons (Fsp3) is 0.150. The molecule has 0 atom stereocenters. The summed E-state index contributed by atoms with van der Waals surface area (Å²) in [5, 5.41) is 12.6. The normalized spacial score (nSPS) is 15.0. The number of para-hydroxylation sites is 2. The first-order chi connectivity index (χ1) is 13.6. The van der Waals surface area contributed by atoms with Crippen LogP contribution in [0.3, 0.4) is 0 Å². The molecule has 1 aliphatic rings. The number of amides is 2. The van der Waals surface area contributed by atoms with Gasteiger partial charge in [-0.2, -0.15) is 5.26 Å². The van der Waals surface area contributed by atoms with Crippen molar-refractivity contribution >= 4 is 35.0 Å². The fourth-order valence-electron chi connectivity index (χ4n) is 2.68. The highest BCUT2D eigenvalue weighted by Gasteiger charge is 2.33. The van der Waals surface area contributed by atoms with Crippen molar-refractivity contribution in [2.24, 2.45) is 0 Å². The lowest BCUT2D eigenvalue weighted by molar-refractivity contribution is -0.115. The van der Waals surface area contributed by atoms with E-state index in [1.165, 1.54) is 12.0 Å². The molecule has 2 amide bonds. The highest BCUT2D eigenvalue weighted by molar-refractivity contribution is 8.04. The molecule has 1 N–H and O–H groups in total. The van der Waals surface area contributed by atoms with Gasteiger partial charge < -0.3 is 14.8 Å². The van der Waals surface area contributed by atoms with Gasteiger partial charge in [-0.1, -0.05) is 23.9 Å². The van der Waals surface area contributed by atoms with E-state index in [4.69, 9.17) is 9.47 Å². The Morgan fingerprint density at radius 2 is 1.86 bits per heavy atom. The maximum absolute atomic E-state index is 12.8. The monoisotopic (exact) mass is 395 g/mol. The summed E-state index contributed by atoms with van der Waals surface area (Å²) in [5.74, 6) is 0.447. The van der Waals surface area contributed by atoms with Crippen LogP contribution >= 0.6 is 11.8 Å². The zero-order valence-electron chi connectivity index (χ0n) is 15.3. The lowest BCUT2D eigenvalue weighted by Crippen LogP contribution is -2.26. The summed E-state index contributed by atoms with van der Waals surface area (Å²) in [7, 11) is 3.04. The minimum absolute atomic E-state index is 0.141. The molecule has 0 radical (unpaired) electrons. The lowest BCUT2D eigenvalue weighted by atomic mass is 10.2. The molecule has 0 aromatic heterocycles. The van der Waals surface area contributed by atoms with Crippen LogP contribution in [0.1, 0.15) is 0 Å². The van der Waals surface area contributed by atoms with Crippen molar-refractivity contribution in [1.29, 1.82) is 5.26 Å². The topological polar surface area (TPSA) is 91.7 Å². The molecule has 0 spiro atoms. The quantitative estimate of drug-likeness (QED) is 0.618. The molecule has 142 valence electrons. The van der Waals surface area contributed by atoms with Gasteiger partial charge >= 0.3 is 0 Å². The summed E-state index contributed by atoms with van der Waals surface area (Å²) >= 11 is 1.16. The van der Waals surface area contributed by atoms with Crippen molar-refractivity contribution in [3.63, 3.8) is 0 Å². The lowest BCUT2D eigenvalue weighted by Gasteiger charge is -2.19. The number of thioether (sulfide) groups is 1. The largest absolute Gasteiger partial charge is 0.497 e. The van der Waals surface area contributed by atoms with Crippen LogP contribution in [0.2, 0.25) is 0 Å². The molecule has 7 nitrogen and oxygen atoms in total. The van der Waals surface area contributed by atoms with Gasteiger partial charge in [0.15, 0.2) is 0 Å². The van der Waals surface area contributed by atoms with Crippen molar-refractivity contribution < 1.29 is 19.1 Å². The number of carbonyl (C=O) groups is 2. The second-order valence-electron chi connectivity index (χ2n) is 5.66. The number of nitriles is 1. The van der Waals surface area contributed by atoms with Gasteiger partial charge in [-0.25, -0.2) is 0 Å². The van der Waals surface area contributed by atoms with Gasteiger partial charge in [-0.3, -0.25) is 14.5 Å². The molecule has 1 aliphatic heterocycles. The van der Waals surface area contributed by atoms with Crippen LogP contribution in [0.25, 0.3) is 0 Å². The number of methoxy groups -OCH3 is 2. The van der Waals surface area contributed by atoms with Crippen molar-refractivity contribution in [2.45, 2.75) is 0 Å². The Bertz CT molecular complexity index is 980. The number of rotatable bonds is 5. The third-order valence-corrected chi connectivity index (χ3v) is 5.07. The zero-order chi connectivity index (χ0) is 20.1. The van der Waals surface area contributed by atoms with Gasteiger partial charge in [-0.15, -0.1) is 0 Å². The van der Waals surface area contributed by atoms with Crippen LogP contribution in [-0.4, -0.2) is 31.8 Å². The third kappa shape index (κ3) is 3.80. The number of hydrogen-bond donors (Lipinski definition) is 1. The minimum Gasteiger partial charge on any atom is -0.497 e. The van der Waals surface area contributed by atoms with E-state index in [9.17, 15) is 14.9 Å². The summed E-state index contributed by atoms with van der Waals surface area (Å²) < 4.78 is 10.4. The Kier molecular flexibility index (Phi) is 5.87. The maximum Gasteiger partial charge on any atom is 0.269 e. The molecule has 1 fully saturated rings. The highest BCUT2D eigenvalue weighted by Crippen LogP contribution is 2.37. The molecule has 1 heterocycles. The molecule has 0 aliphatic carbocycles. The Labute approximate surface area is 166 Å². The van der Waals surface area contributed by atoms with E-state index in [0.29, 0.717) is 27.9 Å². The molecule has 8 heteroatoms. The van der Waals surface area contributed by atoms with Crippen molar-refractivity contribution in [3.05, 3.63) is 59.1 Å². The average Bonchev–Trinajstić information content (AvgIpc) is 3.10. The second-order valence-corrected chi connectivity index (χ2v) is 6.63. The van der Waals surface area contributed by atoms with E-state index in [1.54, 1.807) is 55.6 Å². The van der Waals surface area contributed by atoms with Crippen molar-refractivity contribution in [2.75, 3.05) is 30.2 Å². The number of carbonyl (C=O) groups excluding carboxylic acids is 2. The molecule has 0 bridgehead atoms. The SMILES string of the molecule is COc1ccc(N2C(=O)CS/C2=C(/C#N)C(=O)Nc2ccccc2OC)cc1. The van der Waals surface area contributed by atoms with Gasteiger partial charge in [0, 0.05) is 5.69 Å². The van der Waals surface area contributed by atoms with Crippen molar-refractivity contribution in [1.82, 2.24) is 0 Å². The number of benzene rings is 2. The third-order valence-electron chi connectivity index (χ3n) is 4.02. The summed E-state index contributed by atoms with van der Waals surface area (Å²) in [4.78, 5) is 26.6. The minimum atomic E-state index is -0.609. The van der Waals surface area contributed by atoms with Crippen LogP contribution in [-0.2, 0) is 9.59 Å². The van der Waals surface area contributed by atoms with E-state index in [0.717, 1.165) is 11.8 Å². The number of nitrogens with one attached hydrogen (secondary N) is 1. The van der Waals surface area contributed by atoms with E-state index in [-0.39, 0.29) is 17.2 Å². The first kappa shape index (κ1) is 19.3. The second kappa shape index (κ2) is 8.50. The van der Waals surface area contributed by atoms with E-state index in [1.807, 2.05) is 6.07 Å². The molecule has 2 aromatic carbocycles. The fourth-order valence-corrected chi connectivity index (χ4v) is 3.69. The predicted octanol–water partition coefficient (Wildman–Crippen LogP) is 3.16. The first-order valence-electron chi connectivity index (χ1n) is 8.27. The van der Waals surface area contributed by atoms with Gasteiger partial charge in [0.2, 0.25) is 5.91 Å². The summed E-state index contributed by atoms with van der Waals surface area (Å²) in [6.45, 7) is 0. The van der Waals surface area contributed by atoms with Gasteiger partial charge in [0.05, 0.1) is 25.7 Å². The Morgan fingerprint density at radius 3 is 2.50 bits per heavy atom. The van der Waals surface area contributed by atoms with Crippen LogP contribution in [0.4, 0.5) is 11.4 Å². The Balaban J connectivity index is 1.96. The van der Waals surface area contributed by atoms with Crippen LogP contribution < -0.4 is 19.7 Å². The predicted molar refractivity (Wildman–Crippen MR) is 107 cm³/mol. The molecule has 2 aromatic rings. The molecule has 1 saturated heterocycles. The smallest absolute Gasteiger partial charge is 0.269 e. The summed E-state index contributed by atoms with van der Waals surface area (Å²) in [6.07, 6.45) is 0. The molecule has 28 heavy (non-hydrogen) atoms. The van der Waals surface area contributed by atoms with Gasteiger partial charge in [-0.05, 0) is 36.4 Å². The standard InChI is InChI=1S/C20H17N3O4S/c1-26-14-9-7-13(8-10-14)23-18(24)12-28-20(23)15(11-21)19(25)22-16-5-3-4-6-17(16)27-2/h3-10H,12H2,1-2H3,(H,22,25)/b20-15-. The highest BCUT2D eigenvalue weighted by atomic mass is 32.2. The maximum atomic E-state index is 12.8. The molecular weight excluding hydrogens is 378 g/mol. The summed E-state index contributed by atoms with van der Waals surface area (Å²) in [5.41, 5.74) is 0.856. The molecule has 0 unspecified atom stereocenters. The van der Waals surface area contributed by atoms with Crippen molar-refractivity contribution in [3.8, 4) is 17.6 Å². The average molecular weight is 395 g/mol. The number of hydrogen-bond acceptors (Lipinski definition) is 6. The first-order valence-corrected chi connectivity index (χ1v) is 9.26.